The number of benzene rings is 1. The molecule has 2 rings (SSSR count). The van der Waals surface area contributed by atoms with Crippen molar-refractivity contribution in [3.63, 3.8) is 0 Å². The number of ether oxygens (including phenoxy) is 1. The van der Waals surface area contributed by atoms with Gasteiger partial charge >= 0.3 is 0 Å². The summed E-state index contributed by atoms with van der Waals surface area (Å²) in [5.41, 5.74) is 2.03. The van der Waals surface area contributed by atoms with Crippen LogP contribution in [-0.2, 0) is 20.2 Å². The van der Waals surface area contributed by atoms with Gasteiger partial charge < -0.3 is 4.74 Å². The van der Waals surface area contributed by atoms with E-state index in [9.17, 15) is 8.42 Å². The van der Waals surface area contributed by atoms with Gasteiger partial charge in [-0.3, -0.25) is 0 Å². The quantitative estimate of drug-likeness (QED) is 0.864. The largest absolute Gasteiger partial charge is 0.381 e. The molecule has 0 saturated carbocycles. The van der Waals surface area contributed by atoms with Crippen molar-refractivity contribution in [1.82, 2.24) is 4.72 Å². The van der Waals surface area contributed by atoms with E-state index in [1.807, 2.05) is 25.1 Å². The van der Waals surface area contributed by atoms with E-state index in [-0.39, 0.29) is 11.8 Å². The average Bonchev–Trinajstić information content (AvgIpc) is 2.55. The molecule has 1 atom stereocenters. The van der Waals surface area contributed by atoms with Crippen molar-refractivity contribution in [2.45, 2.75) is 43.8 Å². The zero-order valence-electron chi connectivity index (χ0n) is 13.7. The second-order valence-corrected chi connectivity index (χ2v) is 8.10. The van der Waals surface area contributed by atoms with E-state index >= 15 is 0 Å². The Balaban J connectivity index is 2.23. The van der Waals surface area contributed by atoms with Crippen molar-refractivity contribution < 1.29 is 13.2 Å². The van der Waals surface area contributed by atoms with Gasteiger partial charge in [-0.05, 0) is 31.7 Å². The van der Waals surface area contributed by atoms with Gasteiger partial charge in [0, 0.05) is 25.2 Å². The monoisotopic (exact) mass is 336 g/mol. The fourth-order valence-corrected chi connectivity index (χ4v) is 4.21. The predicted molar refractivity (Wildman–Crippen MR) is 89.5 cm³/mol. The Morgan fingerprint density at radius 1 is 1.30 bits per heavy atom. The lowest BCUT2D eigenvalue weighted by molar-refractivity contribution is 0.0517. The molecule has 1 N–H and O–H groups in total. The molecule has 1 aromatic rings. The minimum Gasteiger partial charge on any atom is -0.381 e. The Labute approximate surface area is 138 Å². The fourth-order valence-electron chi connectivity index (χ4n) is 2.96. The molecule has 1 aliphatic heterocycles. The number of hydrogen-bond acceptors (Lipinski definition) is 4. The van der Waals surface area contributed by atoms with E-state index in [4.69, 9.17) is 10.00 Å². The van der Waals surface area contributed by atoms with Crippen LogP contribution in [0.2, 0.25) is 0 Å². The molecule has 0 aromatic heterocycles. The summed E-state index contributed by atoms with van der Waals surface area (Å²) in [6.07, 6.45) is 1.82. The topological polar surface area (TPSA) is 79.2 Å². The predicted octanol–water partition coefficient (Wildman–Crippen LogP) is 2.26. The summed E-state index contributed by atoms with van der Waals surface area (Å²) in [5, 5.41) is 8.02. The standard InChI is InChI=1S/C17H24N2O3S/c1-3-16(12-18)23(20,21)19-13-17(8-10-22-11-9-17)15-6-4-14(2)5-7-15/h4-7,16,19H,3,8-11,13H2,1-2H3/t16-/m0/s1. The Kier molecular flexibility index (Phi) is 5.79. The van der Waals surface area contributed by atoms with Gasteiger partial charge in [0.1, 0.15) is 0 Å². The van der Waals surface area contributed by atoms with Crippen LogP contribution in [0.1, 0.15) is 37.3 Å². The van der Waals surface area contributed by atoms with Gasteiger partial charge in [0.25, 0.3) is 0 Å². The molecular weight excluding hydrogens is 312 g/mol. The van der Waals surface area contributed by atoms with Crippen LogP contribution in [-0.4, -0.2) is 33.4 Å². The average molecular weight is 336 g/mol. The molecule has 1 saturated heterocycles. The number of hydrogen-bond donors (Lipinski definition) is 1. The second-order valence-electron chi connectivity index (χ2n) is 6.15. The maximum Gasteiger partial charge on any atom is 0.227 e. The Morgan fingerprint density at radius 3 is 2.43 bits per heavy atom. The minimum absolute atomic E-state index is 0.271. The number of nitriles is 1. The lowest BCUT2D eigenvalue weighted by atomic mass is 9.74. The molecule has 126 valence electrons. The first-order valence-electron chi connectivity index (χ1n) is 7.96. The van der Waals surface area contributed by atoms with E-state index in [1.165, 1.54) is 5.56 Å². The number of rotatable bonds is 6. The summed E-state index contributed by atoms with van der Waals surface area (Å²) in [4.78, 5) is 0. The summed E-state index contributed by atoms with van der Waals surface area (Å²) < 4.78 is 32.7. The van der Waals surface area contributed by atoms with Crippen molar-refractivity contribution >= 4 is 10.0 Å². The molecular formula is C17H24N2O3S. The Hall–Kier alpha value is -1.42. The molecule has 0 aliphatic carbocycles. The van der Waals surface area contributed by atoms with Crippen LogP contribution in [0, 0.1) is 18.3 Å². The van der Waals surface area contributed by atoms with Crippen LogP contribution in [0.4, 0.5) is 0 Å². The first kappa shape index (κ1) is 17.9. The molecule has 0 radical (unpaired) electrons. The van der Waals surface area contributed by atoms with Gasteiger partial charge in [-0.2, -0.15) is 5.26 Å². The van der Waals surface area contributed by atoms with Crippen LogP contribution in [0.3, 0.4) is 0 Å². The van der Waals surface area contributed by atoms with Crippen LogP contribution >= 0.6 is 0 Å². The number of aryl methyl sites for hydroxylation is 1. The third kappa shape index (κ3) is 4.11. The van der Waals surface area contributed by atoms with Crippen molar-refractivity contribution in [2.24, 2.45) is 0 Å². The molecule has 0 spiro atoms. The second kappa shape index (κ2) is 7.43. The smallest absolute Gasteiger partial charge is 0.227 e. The maximum absolute atomic E-state index is 12.3. The first-order chi connectivity index (χ1) is 10.9. The van der Waals surface area contributed by atoms with Crippen molar-refractivity contribution in [3.8, 4) is 6.07 Å². The van der Waals surface area contributed by atoms with E-state index in [0.29, 0.717) is 19.8 Å². The van der Waals surface area contributed by atoms with Crippen LogP contribution in [0.5, 0.6) is 0 Å². The van der Waals surface area contributed by atoms with E-state index in [2.05, 4.69) is 16.9 Å². The van der Waals surface area contributed by atoms with Crippen molar-refractivity contribution in [2.75, 3.05) is 19.8 Å². The first-order valence-corrected chi connectivity index (χ1v) is 9.51. The molecule has 23 heavy (non-hydrogen) atoms. The maximum atomic E-state index is 12.3. The third-order valence-electron chi connectivity index (χ3n) is 4.61. The van der Waals surface area contributed by atoms with Crippen LogP contribution in [0.15, 0.2) is 24.3 Å². The van der Waals surface area contributed by atoms with Gasteiger partial charge in [0.2, 0.25) is 10.0 Å². The van der Waals surface area contributed by atoms with E-state index < -0.39 is 15.3 Å². The molecule has 0 bridgehead atoms. The summed E-state index contributed by atoms with van der Waals surface area (Å²) in [7, 11) is -3.63. The number of nitrogens with one attached hydrogen (secondary N) is 1. The molecule has 1 aromatic carbocycles. The molecule has 1 heterocycles. The minimum atomic E-state index is -3.63. The Bertz CT molecular complexity index is 656. The molecule has 1 fully saturated rings. The zero-order valence-corrected chi connectivity index (χ0v) is 14.5. The van der Waals surface area contributed by atoms with E-state index in [0.717, 1.165) is 18.4 Å². The molecule has 6 heteroatoms. The summed E-state index contributed by atoms with van der Waals surface area (Å²) in [6.45, 7) is 5.27. The van der Waals surface area contributed by atoms with Crippen LogP contribution < -0.4 is 4.72 Å². The number of sulfonamides is 1. The number of nitrogens with zero attached hydrogens (tertiary/aromatic N) is 1. The van der Waals surface area contributed by atoms with Gasteiger partial charge in [0.15, 0.2) is 5.25 Å². The Morgan fingerprint density at radius 2 is 1.91 bits per heavy atom. The highest BCUT2D eigenvalue weighted by Crippen LogP contribution is 2.34. The molecule has 0 unspecified atom stereocenters. The van der Waals surface area contributed by atoms with Gasteiger partial charge in [-0.1, -0.05) is 36.8 Å². The van der Waals surface area contributed by atoms with Crippen molar-refractivity contribution in [3.05, 3.63) is 35.4 Å². The highest BCUT2D eigenvalue weighted by molar-refractivity contribution is 7.90. The summed E-state index contributed by atoms with van der Waals surface area (Å²) in [5.74, 6) is 0. The fraction of sp³-hybridized carbons (Fsp3) is 0.588. The summed E-state index contributed by atoms with van der Waals surface area (Å²) >= 11 is 0. The van der Waals surface area contributed by atoms with E-state index in [1.54, 1.807) is 6.92 Å². The summed E-state index contributed by atoms with van der Waals surface area (Å²) in [6, 6.07) is 10.1. The van der Waals surface area contributed by atoms with Gasteiger partial charge in [-0.25, -0.2) is 13.1 Å². The van der Waals surface area contributed by atoms with Gasteiger partial charge in [0.05, 0.1) is 6.07 Å². The van der Waals surface area contributed by atoms with Crippen LogP contribution in [0.25, 0.3) is 0 Å². The lowest BCUT2D eigenvalue weighted by Gasteiger charge is -2.38. The van der Waals surface area contributed by atoms with Crippen molar-refractivity contribution in [1.29, 1.82) is 5.26 Å². The third-order valence-corrected chi connectivity index (χ3v) is 6.35. The SMILES string of the molecule is CC[C@@H](C#N)S(=O)(=O)NCC1(c2ccc(C)cc2)CCOCC1. The highest BCUT2D eigenvalue weighted by atomic mass is 32.2. The molecule has 0 amide bonds. The molecule has 5 nitrogen and oxygen atoms in total. The molecule has 1 aliphatic rings. The lowest BCUT2D eigenvalue weighted by Crippen LogP contribution is -2.46. The zero-order chi connectivity index (χ0) is 16.9. The van der Waals surface area contributed by atoms with Gasteiger partial charge in [-0.15, -0.1) is 0 Å². The highest BCUT2D eigenvalue weighted by Gasteiger charge is 2.36. The normalized spacial score (nSPS) is 19.0.